The van der Waals surface area contributed by atoms with Crippen molar-refractivity contribution in [3.63, 3.8) is 0 Å². The summed E-state index contributed by atoms with van der Waals surface area (Å²) in [6, 6.07) is 7.56. The standard InChI is InChI=1S/C16H20N2O5/c1-16(23,15(21)22)10-17-13(19)8-9-18-12-5-3-2-4-11(12)6-7-14(18)20/h2-5,23H,6-10H2,1H3,(H,17,19)(H,21,22). The monoisotopic (exact) mass is 320 g/mol. The molecule has 0 fully saturated rings. The van der Waals surface area contributed by atoms with Crippen LogP contribution in [0.2, 0.25) is 0 Å². The van der Waals surface area contributed by atoms with E-state index < -0.39 is 17.5 Å². The number of carboxylic acid groups (broad SMARTS) is 1. The van der Waals surface area contributed by atoms with Crippen LogP contribution in [-0.2, 0) is 20.8 Å². The fraction of sp³-hybridized carbons (Fsp3) is 0.438. The molecular weight excluding hydrogens is 300 g/mol. The Labute approximate surface area is 133 Å². The number of hydrogen-bond donors (Lipinski definition) is 3. The van der Waals surface area contributed by atoms with Gasteiger partial charge in [-0.1, -0.05) is 18.2 Å². The first-order chi connectivity index (χ1) is 10.8. The lowest BCUT2D eigenvalue weighted by Gasteiger charge is -2.29. The minimum absolute atomic E-state index is 0.0333. The van der Waals surface area contributed by atoms with Crippen LogP contribution in [-0.4, -0.2) is 46.7 Å². The van der Waals surface area contributed by atoms with Crippen LogP contribution < -0.4 is 10.2 Å². The van der Waals surface area contributed by atoms with Crippen molar-refractivity contribution in [1.82, 2.24) is 5.32 Å². The first kappa shape index (κ1) is 17.0. The van der Waals surface area contributed by atoms with Crippen molar-refractivity contribution in [3.8, 4) is 0 Å². The Kier molecular flexibility index (Phi) is 5.00. The van der Waals surface area contributed by atoms with Gasteiger partial charge >= 0.3 is 5.97 Å². The maximum Gasteiger partial charge on any atom is 0.337 e. The van der Waals surface area contributed by atoms with Gasteiger partial charge in [0.25, 0.3) is 0 Å². The van der Waals surface area contributed by atoms with Crippen LogP contribution in [0.25, 0.3) is 0 Å². The highest BCUT2D eigenvalue weighted by Crippen LogP contribution is 2.27. The number of nitrogens with zero attached hydrogens (tertiary/aromatic N) is 1. The van der Waals surface area contributed by atoms with E-state index in [0.717, 1.165) is 18.2 Å². The van der Waals surface area contributed by atoms with Gasteiger partial charge in [-0.3, -0.25) is 9.59 Å². The van der Waals surface area contributed by atoms with Crippen molar-refractivity contribution in [1.29, 1.82) is 0 Å². The zero-order valence-corrected chi connectivity index (χ0v) is 12.9. The number of carboxylic acids is 1. The molecule has 7 heteroatoms. The zero-order chi connectivity index (χ0) is 17.0. The van der Waals surface area contributed by atoms with Gasteiger partial charge in [-0.2, -0.15) is 0 Å². The second-order valence-electron chi connectivity index (χ2n) is 5.78. The number of aliphatic carboxylic acids is 1. The minimum Gasteiger partial charge on any atom is -0.479 e. The molecule has 1 heterocycles. The Morgan fingerprint density at radius 1 is 1.30 bits per heavy atom. The highest BCUT2D eigenvalue weighted by Gasteiger charge is 2.30. The Morgan fingerprint density at radius 3 is 2.70 bits per heavy atom. The molecule has 0 aliphatic carbocycles. The van der Waals surface area contributed by atoms with E-state index in [0.29, 0.717) is 12.8 Å². The molecular formula is C16H20N2O5. The fourth-order valence-corrected chi connectivity index (χ4v) is 2.39. The van der Waals surface area contributed by atoms with Gasteiger partial charge < -0.3 is 20.4 Å². The smallest absolute Gasteiger partial charge is 0.337 e. The SMILES string of the molecule is CC(O)(CNC(=O)CCN1C(=O)CCc2ccccc21)C(=O)O. The summed E-state index contributed by atoms with van der Waals surface area (Å²) in [5.74, 6) is -1.85. The molecule has 1 aliphatic rings. The summed E-state index contributed by atoms with van der Waals surface area (Å²) in [6.07, 6.45) is 1.14. The van der Waals surface area contributed by atoms with E-state index in [1.165, 1.54) is 0 Å². The van der Waals surface area contributed by atoms with Gasteiger partial charge in [0.05, 0.1) is 6.54 Å². The number of fused-ring (bicyclic) bond motifs is 1. The number of rotatable bonds is 6. The quantitative estimate of drug-likeness (QED) is 0.699. The molecule has 23 heavy (non-hydrogen) atoms. The maximum atomic E-state index is 12.1. The van der Waals surface area contributed by atoms with Gasteiger partial charge in [-0.25, -0.2) is 4.79 Å². The predicted molar refractivity (Wildman–Crippen MR) is 83.0 cm³/mol. The number of para-hydroxylation sites is 1. The van der Waals surface area contributed by atoms with Crippen LogP contribution in [0.5, 0.6) is 0 Å². The molecule has 3 N–H and O–H groups in total. The molecule has 2 amide bonds. The first-order valence-electron chi connectivity index (χ1n) is 7.42. The highest BCUT2D eigenvalue weighted by atomic mass is 16.4. The Bertz CT molecular complexity index is 627. The molecule has 0 bridgehead atoms. The first-order valence-corrected chi connectivity index (χ1v) is 7.42. The van der Waals surface area contributed by atoms with E-state index in [2.05, 4.69) is 5.32 Å². The van der Waals surface area contributed by atoms with Crippen molar-refractivity contribution in [2.24, 2.45) is 0 Å². The van der Waals surface area contributed by atoms with E-state index in [-0.39, 0.29) is 25.4 Å². The number of aryl methyl sites for hydroxylation is 1. The molecule has 1 aromatic carbocycles. The molecule has 1 aliphatic heterocycles. The van der Waals surface area contributed by atoms with Crippen molar-refractivity contribution < 1.29 is 24.6 Å². The molecule has 0 saturated heterocycles. The maximum absolute atomic E-state index is 12.1. The number of carbonyl (C=O) groups is 3. The van der Waals surface area contributed by atoms with Crippen LogP contribution in [0.1, 0.15) is 25.3 Å². The summed E-state index contributed by atoms with van der Waals surface area (Å²) in [5.41, 5.74) is -0.126. The molecule has 0 aromatic heterocycles. The Balaban J connectivity index is 1.92. The molecule has 0 saturated carbocycles. The van der Waals surface area contributed by atoms with Gasteiger partial charge in [0, 0.05) is 25.1 Å². The summed E-state index contributed by atoms with van der Waals surface area (Å²) in [6.45, 7) is 0.947. The number of anilines is 1. The van der Waals surface area contributed by atoms with E-state index in [1.807, 2.05) is 24.3 Å². The molecule has 7 nitrogen and oxygen atoms in total. The highest BCUT2D eigenvalue weighted by molar-refractivity contribution is 5.97. The summed E-state index contributed by atoms with van der Waals surface area (Å²) in [5, 5.41) is 20.7. The Hall–Kier alpha value is -2.41. The number of amides is 2. The zero-order valence-electron chi connectivity index (χ0n) is 12.9. The summed E-state index contributed by atoms with van der Waals surface area (Å²) < 4.78 is 0. The second kappa shape index (κ2) is 6.78. The molecule has 2 rings (SSSR count). The van der Waals surface area contributed by atoms with Gasteiger partial charge in [0.1, 0.15) is 0 Å². The number of carbonyl (C=O) groups excluding carboxylic acids is 2. The average molecular weight is 320 g/mol. The molecule has 1 unspecified atom stereocenters. The van der Waals surface area contributed by atoms with E-state index in [4.69, 9.17) is 5.11 Å². The second-order valence-corrected chi connectivity index (χ2v) is 5.78. The van der Waals surface area contributed by atoms with Crippen LogP contribution in [0.15, 0.2) is 24.3 Å². The van der Waals surface area contributed by atoms with Crippen LogP contribution >= 0.6 is 0 Å². The largest absolute Gasteiger partial charge is 0.479 e. The van der Waals surface area contributed by atoms with Gasteiger partial charge in [-0.15, -0.1) is 0 Å². The van der Waals surface area contributed by atoms with Crippen molar-refractivity contribution in [3.05, 3.63) is 29.8 Å². The average Bonchev–Trinajstić information content (AvgIpc) is 2.52. The van der Waals surface area contributed by atoms with Crippen molar-refractivity contribution in [2.45, 2.75) is 31.8 Å². The van der Waals surface area contributed by atoms with Crippen molar-refractivity contribution >= 4 is 23.5 Å². The Morgan fingerprint density at radius 2 is 2.00 bits per heavy atom. The van der Waals surface area contributed by atoms with Crippen LogP contribution in [0.3, 0.4) is 0 Å². The molecule has 1 aromatic rings. The summed E-state index contributed by atoms with van der Waals surface area (Å²) in [7, 11) is 0. The topological polar surface area (TPSA) is 107 Å². The van der Waals surface area contributed by atoms with Gasteiger partial charge in [0.2, 0.25) is 11.8 Å². The lowest BCUT2D eigenvalue weighted by atomic mass is 10.0. The number of hydrogen-bond acceptors (Lipinski definition) is 4. The van der Waals surface area contributed by atoms with E-state index >= 15 is 0 Å². The fourth-order valence-electron chi connectivity index (χ4n) is 2.39. The predicted octanol–water partition coefficient (Wildman–Crippen LogP) is 0.308. The van der Waals surface area contributed by atoms with E-state index in [9.17, 15) is 19.5 Å². The lowest BCUT2D eigenvalue weighted by molar-refractivity contribution is -0.156. The van der Waals surface area contributed by atoms with Gasteiger partial charge in [-0.05, 0) is 25.0 Å². The summed E-state index contributed by atoms with van der Waals surface area (Å²) in [4.78, 5) is 36.2. The number of nitrogens with one attached hydrogen (secondary N) is 1. The summed E-state index contributed by atoms with van der Waals surface area (Å²) >= 11 is 0. The van der Waals surface area contributed by atoms with Crippen LogP contribution in [0, 0.1) is 0 Å². The van der Waals surface area contributed by atoms with Crippen LogP contribution in [0.4, 0.5) is 5.69 Å². The third kappa shape index (κ3) is 4.07. The molecule has 0 spiro atoms. The van der Waals surface area contributed by atoms with E-state index in [1.54, 1.807) is 4.90 Å². The molecule has 124 valence electrons. The van der Waals surface area contributed by atoms with Gasteiger partial charge in [0.15, 0.2) is 5.60 Å². The third-order valence-electron chi connectivity index (χ3n) is 3.84. The lowest BCUT2D eigenvalue weighted by Crippen LogP contribution is -2.47. The number of aliphatic hydroxyl groups is 1. The molecule has 1 atom stereocenters. The molecule has 0 radical (unpaired) electrons. The number of benzene rings is 1. The normalized spacial score (nSPS) is 16.4. The van der Waals surface area contributed by atoms with Crippen molar-refractivity contribution in [2.75, 3.05) is 18.0 Å². The third-order valence-corrected chi connectivity index (χ3v) is 3.84. The minimum atomic E-state index is -2.01.